The summed E-state index contributed by atoms with van der Waals surface area (Å²) in [4.78, 5) is 3.50. The smallest absolute Gasteiger partial charge is 0.0503 e. The van der Waals surface area contributed by atoms with Crippen LogP contribution in [-0.2, 0) is 7.05 Å². The van der Waals surface area contributed by atoms with Gasteiger partial charge in [-0.2, -0.15) is 0 Å². The van der Waals surface area contributed by atoms with E-state index in [2.05, 4.69) is 53.0 Å². The van der Waals surface area contributed by atoms with Crippen LogP contribution in [0, 0.1) is 0 Å². The van der Waals surface area contributed by atoms with Crippen molar-refractivity contribution in [1.29, 1.82) is 0 Å². The topological polar surface area (TPSA) is 20.7 Å². The fourth-order valence-electron chi connectivity index (χ4n) is 4.46. The molecular formula is C23H14Cl2N2. The van der Waals surface area contributed by atoms with Crippen molar-refractivity contribution in [2.75, 3.05) is 0 Å². The summed E-state index contributed by atoms with van der Waals surface area (Å²) in [6, 6.07) is 21.0. The number of rotatable bonds is 0. The first-order valence-corrected chi connectivity index (χ1v) is 9.58. The maximum atomic E-state index is 6.25. The Kier molecular flexibility index (Phi) is 2.96. The highest BCUT2D eigenvalue weighted by atomic mass is 35.5. The van der Waals surface area contributed by atoms with Gasteiger partial charge in [-0.25, -0.2) is 0 Å². The molecule has 0 fully saturated rings. The molecule has 6 aromatic rings. The summed E-state index contributed by atoms with van der Waals surface area (Å²) in [6.07, 6.45) is 0. The zero-order valence-corrected chi connectivity index (χ0v) is 16.0. The van der Waals surface area contributed by atoms with Crippen LogP contribution in [0.5, 0.6) is 0 Å². The van der Waals surface area contributed by atoms with Gasteiger partial charge < -0.3 is 9.55 Å². The number of benzene rings is 4. The molecule has 0 unspecified atom stereocenters. The molecule has 4 aromatic carbocycles. The third-order valence-corrected chi connectivity index (χ3v) is 6.12. The van der Waals surface area contributed by atoms with Gasteiger partial charge in [0.2, 0.25) is 0 Å². The van der Waals surface area contributed by atoms with E-state index >= 15 is 0 Å². The van der Waals surface area contributed by atoms with Gasteiger partial charge in [0.25, 0.3) is 0 Å². The number of aryl methyl sites for hydroxylation is 1. The summed E-state index contributed by atoms with van der Waals surface area (Å²) in [6.45, 7) is 0. The van der Waals surface area contributed by atoms with Crippen molar-refractivity contribution in [2.45, 2.75) is 0 Å². The molecule has 0 radical (unpaired) electrons. The van der Waals surface area contributed by atoms with Crippen molar-refractivity contribution < 1.29 is 0 Å². The summed E-state index contributed by atoms with van der Waals surface area (Å²) in [7, 11) is 2.10. The lowest BCUT2D eigenvalue weighted by Crippen LogP contribution is -1.86. The third-order valence-electron chi connectivity index (χ3n) is 5.65. The Bertz CT molecular complexity index is 1550. The van der Waals surface area contributed by atoms with Crippen LogP contribution in [0.2, 0.25) is 10.0 Å². The number of fused-ring (bicyclic) bond motifs is 9. The van der Waals surface area contributed by atoms with Gasteiger partial charge in [-0.15, -0.1) is 0 Å². The zero-order valence-electron chi connectivity index (χ0n) is 14.5. The second kappa shape index (κ2) is 5.19. The van der Waals surface area contributed by atoms with Crippen molar-refractivity contribution >= 4 is 77.6 Å². The molecule has 0 aliphatic carbocycles. The number of hydrogen-bond donors (Lipinski definition) is 1. The van der Waals surface area contributed by atoms with Crippen LogP contribution < -0.4 is 0 Å². The lowest BCUT2D eigenvalue weighted by molar-refractivity contribution is 1.01. The van der Waals surface area contributed by atoms with Crippen LogP contribution in [0.25, 0.3) is 54.4 Å². The van der Waals surface area contributed by atoms with E-state index in [4.69, 9.17) is 23.2 Å². The Morgan fingerprint density at radius 1 is 0.630 bits per heavy atom. The minimum absolute atomic E-state index is 0.742. The molecule has 2 heterocycles. The molecule has 0 aliphatic heterocycles. The van der Waals surface area contributed by atoms with Crippen LogP contribution in [0.4, 0.5) is 0 Å². The van der Waals surface area contributed by atoms with Gasteiger partial charge in [-0.1, -0.05) is 47.5 Å². The molecule has 2 aromatic heterocycles. The highest BCUT2D eigenvalue weighted by molar-refractivity contribution is 6.34. The molecule has 1 N–H and O–H groups in total. The Morgan fingerprint density at radius 3 is 2.15 bits per heavy atom. The first kappa shape index (κ1) is 15.4. The molecule has 0 saturated carbocycles. The van der Waals surface area contributed by atoms with Crippen molar-refractivity contribution in [3.8, 4) is 0 Å². The number of nitrogens with zero attached hydrogens (tertiary/aromatic N) is 1. The SMILES string of the molecule is Cn1c2cc(Cl)ccc2c2c3ccc4[nH]c5cc(Cl)ccc5c4c3ccc21. The lowest BCUT2D eigenvalue weighted by atomic mass is 9.99. The number of halogens is 2. The molecule has 0 saturated heterocycles. The second-order valence-corrected chi connectivity index (χ2v) is 7.95. The van der Waals surface area contributed by atoms with Crippen molar-refractivity contribution in [3.63, 3.8) is 0 Å². The average Bonchev–Trinajstić information content (AvgIpc) is 3.16. The van der Waals surface area contributed by atoms with E-state index < -0.39 is 0 Å². The Labute approximate surface area is 164 Å². The molecule has 130 valence electrons. The van der Waals surface area contributed by atoms with E-state index in [-0.39, 0.29) is 0 Å². The zero-order chi connectivity index (χ0) is 18.3. The van der Waals surface area contributed by atoms with Crippen LogP contribution in [-0.4, -0.2) is 9.55 Å². The van der Waals surface area contributed by atoms with E-state index in [1.807, 2.05) is 24.3 Å². The Balaban J connectivity index is 1.88. The van der Waals surface area contributed by atoms with E-state index in [9.17, 15) is 0 Å². The fraction of sp³-hybridized carbons (Fsp3) is 0.0435. The van der Waals surface area contributed by atoms with E-state index in [1.54, 1.807) is 0 Å². The fourth-order valence-corrected chi connectivity index (χ4v) is 4.80. The van der Waals surface area contributed by atoms with Crippen LogP contribution in [0.15, 0.2) is 60.7 Å². The van der Waals surface area contributed by atoms with Gasteiger partial charge >= 0.3 is 0 Å². The van der Waals surface area contributed by atoms with Gasteiger partial charge in [-0.3, -0.25) is 0 Å². The number of H-pyrrole nitrogens is 1. The molecule has 4 heteroatoms. The predicted octanol–water partition coefficient (Wildman–Crippen LogP) is 7.43. The second-order valence-electron chi connectivity index (χ2n) is 7.08. The molecule has 6 rings (SSSR count). The quantitative estimate of drug-likeness (QED) is 0.279. The van der Waals surface area contributed by atoms with Gasteiger partial charge in [-0.05, 0) is 47.2 Å². The first-order chi connectivity index (χ1) is 13.1. The van der Waals surface area contributed by atoms with Gasteiger partial charge in [0.15, 0.2) is 0 Å². The van der Waals surface area contributed by atoms with Gasteiger partial charge in [0.1, 0.15) is 0 Å². The number of nitrogens with one attached hydrogen (secondary N) is 1. The van der Waals surface area contributed by atoms with Gasteiger partial charge in [0, 0.05) is 55.2 Å². The van der Waals surface area contributed by atoms with Gasteiger partial charge in [0.05, 0.1) is 5.52 Å². The number of aromatic nitrogens is 2. The van der Waals surface area contributed by atoms with Crippen LogP contribution >= 0.6 is 23.2 Å². The molecule has 0 aliphatic rings. The largest absolute Gasteiger partial charge is 0.354 e. The minimum Gasteiger partial charge on any atom is -0.354 e. The normalized spacial score (nSPS) is 12.3. The predicted molar refractivity (Wildman–Crippen MR) is 117 cm³/mol. The number of hydrogen-bond acceptors (Lipinski definition) is 0. The third kappa shape index (κ3) is 1.97. The van der Waals surface area contributed by atoms with E-state index in [1.165, 1.54) is 37.8 Å². The standard InChI is InChI=1S/C23H14Cl2N2/c1-27-20-9-7-14-15(23(20)17-5-3-13(25)11-21(17)27)6-8-18-22(14)16-4-2-12(24)10-19(16)26-18/h2-11,26H,1H3. The summed E-state index contributed by atoms with van der Waals surface area (Å²) < 4.78 is 2.22. The molecule has 0 amide bonds. The summed E-state index contributed by atoms with van der Waals surface area (Å²) in [5, 5.41) is 8.94. The highest BCUT2D eigenvalue weighted by Crippen LogP contribution is 2.40. The van der Waals surface area contributed by atoms with E-state index in [0.29, 0.717) is 0 Å². The van der Waals surface area contributed by atoms with Crippen molar-refractivity contribution in [2.24, 2.45) is 7.05 Å². The molecule has 0 bridgehead atoms. The summed E-state index contributed by atoms with van der Waals surface area (Å²) in [5.74, 6) is 0. The minimum atomic E-state index is 0.742. The van der Waals surface area contributed by atoms with Crippen molar-refractivity contribution in [3.05, 3.63) is 70.7 Å². The average molecular weight is 389 g/mol. The monoisotopic (exact) mass is 388 g/mol. The summed E-state index contributed by atoms with van der Waals surface area (Å²) in [5.41, 5.74) is 4.55. The van der Waals surface area contributed by atoms with E-state index in [0.717, 1.165) is 26.6 Å². The number of aromatic amines is 1. The first-order valence-electron chi connectivity index (χ1n) is 8.82. The molecule has 27 heavy (non-hydrogen) atoms. The van der Waals surface area contributed by atoms with Crippen LogP contribution in [0.1, 0.15) is 0 Å². The summed E-state index contributed by atoms with van der Waals surface area (Å²) >= 11 is 12.4. The lowest BCUT2D eigenvalue weighted by Gasteiger charge is -2.04. The Morgan fingerprint density at radius 2 is 1.30 bits per heavy atom. The molecule has 2 nitrogen and oxygen atoms in total. The molecule has 0 atom stereocenters. The molecular weight excluding hydrogens is 375 g/mol. The molecule has 0 spiro atoms. The Hall–Kier alpha value is -2.68. The maximum absolute atomic E-state index is 6.25. The van der Waals surface area contributed by atoms with Crippen molar-refractivity contribution in [1.82, 2.24) is 9.55 Å². The maximum Gasteiger partial charge on any atom is 0.0503 e. The highest BCUT2D eigenvalue weighted by Gasteiger charge is 2.15. The van der Waals surface area contributed by atoms with Crippen LogP contribution in [0.3, 0.4) is 0 Å².